The summed E-state index contributed by atoms with van der Waals surface area (Å²) in [5.41, 5.74) is 1.06. The average Bonchev–Trinajstić information content (AvgIpc) is 2.71. The molecule has 0 bridgehead atoms. The van der Waals surface area contributed by atoms with Gasteiger partial charge in [0.15, 0.2) is 0 Å². The molecule has 1 aromatic rings. The molecule has 6 heteroatoms. The van der Waals surface area contributed by atoms with Crippen molar-refractivity contribution in [2.75, 3.05) is 44.3 Å². The van der Waals surface area contributed by atoms with Gasteiger partial charge in [-0.15, -0.1) is 0 Å². The Morgan fingerprint density at radius 1 is 1.27 bits per heavy atom. The highest BCUT2D eigenvalue weighted by molar-refractivity contribution is 5.73. The predicted molar refractivity (Wildman–Crippen MR) is 83.7 cm³/mol. The molecule has 120 valence electrons. The SMILES string of the molecule is CC(=O)N1CCOC[C@@]2(CCCN(c3ncc(C)cn3)C2)C1. The number of carbonyl (C=O) groups excluding carboxylic acids is 1. The van der Waals surface area contributed by atoms with Crippen LogP contribution in [0.15, 0.2) is 12.4 Å². The Hall–Kier alpha value is -1.69. The van der Waals surface area contributed by atoms with Crippen molar-refractivity contribution in [1.82, 2.24) is 14.9 Å². The molecule has 3 heterocycles. The molecule has 6 nitrogen and oxygen atoms in total. The molecular formula is C16H24N4O2. The fourth-order valence-electron chi connectivity index (χ4n) is 3.44. The Morgan fingerprint density at radius 3 is 2.77 bits per heavy atom. The lowest BCUT2D eigenvalue weighted by molar-refractivity contribution is -0.130. The Labute approximate surface area is 131 Å². The molecule has 2 aliphatic rings. The third-order valence-electron chi connectivity index (χ3n) is 4.60. The number of piperidine rings is 1. The normalized spacial score (nSPS) is 26.1. The first-order valence-electron chi connectivity index (χ1n) is 7.95. The fourth-order valence-corrected chi connectivity index (χ4v) is 3.44. The molecule has 1 amide bonds. The van der Waals surface area contributed by atoms with Gasteiger partial charge in [0.2, 0.25) is 11.9 Å². The van der Waals surface area contributed by atoms with Crippen molar-refractivity contribution < 1.29 is 9.53 Å². The van der Waals surface area contributed by atoms with E-state index in [9.17, 15) is 4.79 Å². The zero-order chi connectivity index (χ0) is 15.6. The van der Waals surface area contributed by atoms with Gasteiger partial charge in [-0.25, -0.2) is 9.97 Å². The van der Waals surface area contributed by atoms with E-state index in [0.29, 0.717) is 19.8 Å². The van der Waals surface area contributed by atoms with Gasteiger partial charge in [0.1, 0.15) is 0 Å². The zero-order valence-electron chi connectivity index (χ0n) is 13.4. The molecule has 0 N–H and O–H groups in total. The van der Waals surface area contributed by atoms with Crippen LogP contribution in [0, 0.1) is 12.3 Å². The van der Waals surface area contributed by atoms with Crippen molar-refractivity contribution in [3.05, 3.63) is 18.0 Å². The fraction of sp³-hybridized carbons (Fsp3) is 0.688. The van der Waals surface area contributed by atoms with Crippen LogP contribution in [-0.2, 0) is 9.53 Å². The molecule has 0 unspecified atom stereocenters. The highest BCUT2D eigenvalue weighted by atomic mass is 16.5. The molecule has 0 aliphatic carbocycles. The minimum atomic E-state index is -0.00529. The summed E-state index contributed by atoms with van der Waals surface area (Å²) in [4.78, 5) is 24.9. The van der Waals surface area contributed by atoms with Crippen LogP contribution in [0.3, 0.4) is 0 Å². The third-order valence-corrected chi connectivity index (χ3v) is 4.60. The number of aryl methyl sites for hydroxylation is 1. The minimum absolute atomic E-state index is 0.00529. The molecule has 2 aliphatic heterocycles. The number of aromatic nitrogens is 2. The number of rotatable bonds is 1. The highest BCUT2D eigenvalue weighted by Crippen LogP contribution is 2.34. The molecule has 2 fully saturated rings. The van der Waals surface area contributed by atoms with Crippen molar-refractivity contribution in [3.63, 3.8) is 0 Å². The summed E-state index contributed by atoms with van der Waals surface area (Å²) in [6.45, 7) is 8.24. The maximum Gasteiger partial charge on any atom is 0.225 e. The second-order valence-corrected chi connectivity index (χ2v) is 6.58. The molecule has 22 heavy (non-hydrogen) atoms. The van der Waals surface area contributed by atoms with Gasteiger partial charge >= 0.3 is 0 Å². The maximum absolute atomic E-state index is 11.8. The summed E-state index contributed by atoms with van der Waals surface area (Å²) in [7, 11) is 0. The van der Waals surface area contributed by atoms with Gasteiger partial charge in [-0.05, 0) is 25.3 Å². The number of nitrogens with zero attached hydrogens (tertiary/aromatic N) is 4. The average molecular weight is 304 g/mol. The lowest BCUT2D eigenvalue weighted by Gasteiger charge is -2.43. The zero-order valence-corrected chi connectivity index (χ0v) is 13.4. The van der Waals surface area contributed by atoms with Gasteiger partial charge in [-0.2, -0.15) is 0 Å². The standard InChI is InChI=1S/C16H24N4O2/c1-13-8-17-15(18-9-13)20-5-3-4-16(11-20)10-19(14(2)21)6-7-22-12-16/h8-9H,3-7,10-12H2,1-2H3/t16-/m0/s1. The second kappa shape index (κ2) is 6.20. The molecule has 1 spiro atoms. The number of hydrogen-bond acceptors (Lipinski definition) is 5. The Kier molecular flexibility index (Phi) is 4.29. The largest absolute Gasteiger partial charge is 0.379 e. The van der Waals surface area contributed by atoms with E-state index < -0.39 is 0 Å². The Balaban J connectivity index is 1.78. The van der Waals surface area contributed by atoms with Crippen LogP contribution in [-0.4, -0.2) is 60.2 Å². The van der Waals surface area contributed by atoms with Crippen LogP contribution in [0.5, 0.6) is 0 Å². The lowest BCUT2D eigenvalue weighted by Crippen LogP contribution is -2.51. The first kappa shape index (κ1) is 15.2. The van der Waals surface area contributed by atoms with Gasteiger partial charge in [-0.3, -0.25) is 4.79 Å². The van der Waals surface area contributed by atoms with Crippen LogP contribution < -0.4 is 4.90 Å². The first-order valence-corrected chi connectivity index (χ1v) is 7.95. The van der Waals surface area contributed by atoms with Gasteiger partial charge in [0, 0.05) is 50.9 Å². The van der Waals surface area contributed by atoms with Crippen molar-refractivity contribution in [3.8, 4) is 0 Å². The number of anilines is 1. The van der Waals surface area contributed by atoms with Crippen molar-refractivity contribution in [2.24, 2.45) is 5.41 Å². The molecule has 3 rings (SSSR count). The second-order valence-electron chi connectivity index (χ2n) is 6.58. The van der Waals surface area contributed by atoms with Gasteiger partial charge in [-0.1, -0.05) is 0 Å². The maximum atomic E-state index is 11.8. The molecule has 1 aromatic heterocycles. The summed E-state index contributed by atoms with van der Waals surface area (Å²) in [6, 6.07) is 0. The molecule has 0 aromatic carbocycles. The smallest absolute Gasteiger partial charge is 0.225 e. The minimum Gasteiger partial charge on any atom is -0.379 e. The third kappa shape index (κ3) is 3.21. The molecule has 0 saturated carbocycles. The van der Waals surface area contributed by atoms with Gasteiger partial charge < -0.3 is 14.5 Å². The van der Waals surface area contributed by atoms with E-state index in [1.54, 1.807) is 6.92 Å². The van der Waals surface area contributed by atoms with Crippen LogP contribution in [0.25, 0.3) is 0 Å². The van der Waals surface area contributed by atoms with E-state index in [1.165, 1.54) is 0 Å². The van der Waals surface area contributed by atoms with Crippen molar-refractivity contribution >= 4 is 11.9 Å². The molecule has 2 saturated heterocycles. The van der Waals surface area contributed by atoms with Gasteiger partial charge in [0.25, 0.3) is 0 Å². The molecule has 0 radical (unpaired) electrons. The van der Waals surface area contributed by atoms with E-state index in [1.807, 2.05) is 24.2 Å². The van der Waals surface area contributed by atoms with E-state index in [0.717, 1.165) is 44.0 Å². The van der Waals surface area contributed by atoms with Crippen LogP contribution in [0.2, 0.25) is 0 Å². The summed E-state index contributed by atoms with van der Waals surface area (Å²) in [5, 5.41) is 0. The Morgan fingerprint density at radius 2 is 2.05 bits per heavy atom. The molecular weight excluding hydrogens is 280 g/mol. The topological polar surface area (TPSA) is 58.6 Å². The summed E-state index contributed by atoms with van der Waals surface area (Å²) < 4.78 is 5.81. The van der Waals surface area contributed by atoms with Crippen molar-refractivity contribution in [2.45, 2.75) is 26.7 Å². The lowest BCUT2D eigenvalue weighted by atomic mass is 9.80. The first-order chi connectivity index (χ1) is 10.6. The van der Waals surface area contributed by atoms with Crippen LogP contribution in [0.4, 0.5) is 5.95 Å². The quantitative estimate of drug-likeness (QED) is 0.781. The number of carbonyl (C=O) groups is 1. The van der Waals surface area contributed by atoms with Crippen LogP contribution in [0.1, 0.15) is 25.3 Å². The van der Waals surface area contributed by atoms with E-state index in [4.69, 9.17) is 4.74 Å². The number of hydrogen-bond donors (Lipinski definition) is 0. The summed E-state index contributed by atoms with van der Waals surface area (Å²) >= 11 is 0. The van der Waals surface area contributed by atoms with Crippen LogP contribution >= 0.6 is 0 Å². The summed E-state index contributed by atoms with van der Waals surface area (Å²) in [6.07, 6.45) is 5.87. The molecule has 1 atom stereocenters. The number of amides is 1. The van der Waals surface area contributed by atoms with Gasteiger partial charge in [0.05, 0.1) is 13.2 Å². The van der Waals surface area contributed by atoms with Crippen molar-refractivity contribution in [1.29, 1.82) is 0 Å². The van der Waals surface area contributed by atoms with E-state index in [-0.39, 0.29) is 11.3 Å². The predicted octanol–water partition coefficient (Wildman–Crippen LogP) is 1.25. The Bertz CT molecular complexity index is 533. The van der Waals surface area contributed by atoms with E-state index in [2.05, 4.69) is 14.9 Å². The highest BCUT2D eigenvalue weighted by Gasteiger charge is 2.40. The summed E-state index contributed by atoms with van der Waals surface area (Å²) in [5.74, 6) is 0.914. The van der Waals surface area contributed by atoms with E-state index >= 15 is 0 Å². The number of ether oxygens (including phenoxy) is 1. The monoisotopic (exact) mass is 304 g/mol.